The van der Waals surface area contributed by atoms with Crippen LogP contribution in [0.25, 0.3) is 0 Å². The maximum absolute atomic E-state index is 9.31. The summed E-state index contributed by atoms with van der Waals surface area (Å²) in [5.74, 6) is 2.36. The maximum Gasteiger partial charge on any atom is 0.122 e. The van der Waals surface area contributed by atoms with Crippen molar-refractivity contribution in [3.63, 3.8) is 0 Å². The van der Waals surface area contributed by atoms with Crippen molar-refractivity contribution in [1.82, 2.24) is 0 Å². The van der Waals surface area contributed by atoms with Gasteiger partial charge in [-0.15, -0.1) is 6.42 Å². The molecule has 0 bridgehead atoms. The van der Waals surface area contributed by atoms with Crippen LogP contribution in [0.1, 0.15) is 39.5 Å². The van der Waals surface area contributed by atoms with E-state index in [2.05, 4.69) is 12.8 Å². The summed E-state index contributed by atoms with van der Waals surface area (Å²) in [5.41, 5.74) is -0.880. The summed E-state index contributed by atoms with van der Waals surface area (Å²) in [6.07, 6.45) is 9.15. The van der Waals surface area contributed by atoms with E-state index in [9.17, 15) is 5.11 Å². The van der Waals surface area contributed by atoms with E-state index in [1.54, 1.807) is 6.92 Å². The summed E-state index contributed by atoms with van der Waals surface area (Å²) in [4.78, 5) is 0. The highest BCUT2D eigenvalue weighted by Gasteiger charge is 2.14. The van der Waals surface area contributed by atoms with Crippen LogP contribution in [-0.4, -0.2) is 10.7 Å². The van der Waals surface area contributed by atoms with Crippen LogP contribution in [0.2, 0.25) is 0 Å². The fourth-order valence-corrected chi connectivity index (χ4v) is 0.791. The molecule has 0 fully saturated rings. The summed E-state index contributed by atoms with van der Waals surface area (Å²) >= 11 is 0. The molecule has 0 rings (SSSR count). The van der Waals surface area contributed by atoms with Crippen molar-refractivity contribution in [3.05, 3.63) is 0 Å². The molecule has 0 unspecified atom stereocenters. The van der Waals surface area contributed by atoms with Crippen LogP contribution in [0.5, 0.6) is 0 Å². The SMILES string of the molecule is C#C[C@](C)(O)CCCCC. The minimum Gasteiger partial charge on any atom is -0.378 e. The average molecular weight is 140 g/mol. The van der Waals surface area contributed by atoms with Crippen molar-refractivity contribution in [1.29, 1.82) is 0 Å². The van der Waals surface area contributed by atoms with Crippen molar-refractivity contribution in [2.24, 2.45) is 0 Å². The second kappa shape index (κ2) is 4.35. The summed E-state index contributed by atoms with van der Waals surface area (Å²) in [7, 11) is 0. The van der Waals surface area contributed by atoms with E-state index in [4.69, 9.17) is 6.42 Å². The van der Waals surface area contributed by atoms with Crippen LogP contribution < -0.4 is 0 Å². The van der Waals surface area contributed by atoms with Gasteiger partial charge >= 0.3 is 0 Å². The zero-order valence-electron chi connectivity index (χ0n) is 6.85. The van der Waals surface area contributed by atoms with E-state index in [0.29, 0.717) is 0 Å². The normalized spacial score (nSPS) is 15.8. The molecule has 0 aliphatic rings. The molecule has 0 saturated heterocycles. The topological polar surface area (TPSA) is 20.2 Å². The first-order valence-corrected chi connectivity index (χ1v) is 3.82. The van der Waals surface area contributed by atoms with E-state index in [1.807, 2.05) is 0 Å². The Morgan fingerprint density at radius 2 is 2.10 bits per heavy atom. The van der Waals surface area contributed by atoms with Gasteiger partial charge in [0, 0.05) is 0 Å². The molecule has 0 spiro atoms. The molecular formula is C9H16O. The molecule has 1 atom stereocenters. The smallest absolute Gasteiger partial charge is 0.122 e. The van der Waals surface area contributed by atoms with Gasteiger partial charge in [0.1, 0.15) is 5.60 Å². The molecule has 0 heterocycles. The number of hydrogen-bond acceptors (Lipinski definition) is 1. The number of aliphatic hydroxyl groups is 1. The highest BCUT2D eigenvalue weighted by Crippen LogP contribution is 2.12. The first kappa shape index (κ1) is 9.52. The third-order valence-corrected chi connectivity index (χ3v) is 1.58. The van der Waals surface area contributed by atoms with Gasteiger partial charge in [-0.05, 0) is 19.8 Å². The van der Waals surface area contributed by atoms with Crippen molar-refractivity contribution in [3.8, 4) is 12.3 Å². The predicted octanol–water partition coefficient (Wildman–Crippen LogP) is 1.95. The Morgan fingerprint density at radius 1 is 1.50 bits per heavy atom. The molecule has 0 saturated carbocycles. The monoisotopic (exact) mass is 140 g/mol. The molecule has 1 N–H and O–H groups in total. The van der Waals surface area contributed by atoms with Crippen LogP contribution in [0.4, 0.5) is 0 Å². The third-order valence-electron chi connectivity index (χ3n) is 1.58. The van der Waals surface area contributed by atoms with Gasteiger partial charge in [-0.25, -0.2) is 0 Å². The molecule has 1 heteroatoms. The van der Waals surface area contributed by atoms with Gasteiger partial charge in [-0.3, -0.25) is 0 Å². The Hall–Kier alpha value is -0.480. The van der Waals surface area contributed by atoms with Gasteiger partial charge in [0.25, 0.3) is 0 Å². The molecule has 0 amide bonds. The Labute approximate surface area is 63.5 Å². The summed E-state index contributed by atoms with van der Waals surface area (Å²) in [5, 5.41) is 9.31. The predicted molar refractivity (Wildman–Crippen MR) is 43.6 cm³/mol. The number of unbranched alkanes of at least 4 members (excludes halogenated alkanes) is 2. The molecule has 0 aliphatic heterocycles. The molecule has 58 valence electrons. The highest BCUT2D eigenvalue weighted by molar-refractivity contribution is 5.03. The Bertz CT molecular complexity index is 119. The minimum absolute atomic E-state index is 0.720. The van der Waals surface area contributed by atoms with E-state index in [-0.39, 0.29) is 0 Å². The molecule has 0 aromatic heterocycles. The van der Waals surface area contributed by atoms with Crippen molar-refractivity contribution >= 4 is 0 Å². The van der Waals surface area contributed by atoms with Gasteiger partial charge in [-0.2, -0.15) is 0 Å². The van der Waals surface area contributed by atoms with Gasteiger partial charge in [0.2, 0.25) is 0 Å². The molecule has 0 aliphatic carbocycles. The molecule has 1 nitrogen and oxygen atoms in total. The Morgan fingerprint density at radius 3 is 2.50 bits per heavy atom. The second-order valence-corrected chi connectivity index (χ2v) is 2.88. The molecular weight excluding hydrogens is 124 g/mol. The summed E-state index contributed by atoms with van der Waals surface area (Å²) in [6, 6.07) is 0. The second-order valence-electron chi connectivity index (χ2n) is 2.88. The number of hydrogen-bond donors (Lipinski definition) is 1. The lowest BCUT2D eigenvalue weighted by molar-refractivity contribution is 0.109. The Kier molecular flexibility index (Phi) is 4.14. The highest BCUT2D eigenvalue weighted by atomic mass is 16.3. The zero-order chi connectivity index (χ0) is 8.04. The molecule has 0 radical (unpaired) electrons. The van der Waals surface area contributed by atoms with Crippen LogP contribution in [0.15, 0.2) is 0 Å². The molecule has 10 heavy (non-hydrogen) atoms. The maximum atomic E-state index is 9.31. The minimum atomic E-state index is -0.880. The first-order valence-electron chi connectivity index (χ1n) is 3.82. The molecule has 0 aromatic rings. The molecule has 0 aromatic carbocycles. The van der Waals surface area contributed by atoms with Gasteiger partial charge in [-0.1, -0.05) is 25.7 Å². The Balaban J connectivity index is 3.40. The third kappa shape index (κ3) is 4.40. The average Bonchev–Trinajstić information content (AvgIpc) is 1.89. The largest absolute Gasteiger partial charge is 0.378 e. The van der Waals surface area contributed by atoms with E-state index in [1.165, 1.54) is 6.42 Å². The summed E-state index contributed by atoms with van der Waals surface area (Å²) < 4.78 is 0. The quantitative estimate of drug-likeness (QED) is 0.467. The number of rotatable bonds is 4. The lowest BCUT2D eigenvalue weighted by Gasteiger charge is -2.14. The van der Waals surface area contributed by atoms with Crippen molar-refractivity contribution in [2.75, 3.05) is 0 Å². The van der Waals surface area contributed by atoms with Crippen molar-refractivity contribution < 1.29 is 5.11 Å². The van der Waals surface area contributed by atoms with Gasteiger partial charge in [0.15, 0.2) is 0 Å². The standard InChI is InChI=1S/C9H16O/c1-4-6-7-8-9(3,10)5-2/h2,10H,4,6-8H2,1,3H3/t9-/m0/s1. The number of terminal acetylenes is 1. The van der Waals surface area contributed by atoms with Crippen LogP contribution in [0.3, 0.4) is 0 Å². The fourth-order valence-electron chi connectivity index (χ4n) is 0.791. The van der Waals surface area contributed by atoms with Crippen LogP contribution >= 0.6 is 0 Å². The van der Waals surface area contributed by atoms with E-state index in [0.717, 1.165) is 19.3 Å². The fraction of sp³-hybridized carbons (Fsp3) is 0.778. The zero-order valence-corrected chi connectivity index (χ0v) is 6.85. The van der Waals surface area contributed by atoms with Crippen LogP contribution in [0, 0.1) is 12.3 Å². The van der Waals surface area contributed by atoms with E-state index >= 15 is 0 Å². The van der Waals surface area contributed by atoms with Crippen molar-refractivity contribution in [2.45, 2.75) is 45.1 Å². The first-order chi connectivity index (χ1) is 4.62. The van der Waals surface area contributed by atoms with E-state index < -0.39 is 5.60 Å². The lowest BCUT2D eigenvalue weighted by Crippen LogP contribution is -2.20. The van der Waals surface area contributed by atoms with Gasteiger partial charge < -0.3 is 5.11 Å². The summed E-state index contributed by atoms with van der Waals surface area (Å²) in [6.45, 7) is 3.81. The van der Waals surface area contributed by atoms with Gasteiger partial charge in [0.05, 0.1) is 0 Å². The lowest BCUT2D eigenvalue weighted by atomic mass is 10.00. The van der Waals surface area contributed by atoms with Crippen LogP contribution in [-0.2, 0) is 0 Å².